The molecule has 2 atom stereocenters. The molecule has 2 N–H and O–H groups in total. The number of aromatic nitrogens is 2. The Balaban J connectivity index is 0.00000264. The Morgan fingerprint density at radius 2 is 1.97 bits per heavy atom. The first-order valence-corrected chi connectivity index (χ1v) is 12.8. The smallest absolute Gasteiger partial charge is 0.343 e. The fourth-order valence-corrected chi connectivity index (χ4v) is 6.52. The maximum Gasteiger partial charge on any atom is 0.343 e. The monoisotopic (exact) mass is 542 g/mol. The van der Waals surface area contributed by atoms with E-state index in [2.05, 4.69) is 14.8 Å². The van der Waals surface area contributed by atoms with E-state index in [9.17, 15) is 23.9 Å². The van der Waals surface area contributed by atoms with Crippen LogP contribution in [0.2, 0.25) is 0 Å². The third-order valence-corrected chi connectivity index (χ3v) is 8.71. The number of halogens is 2. The Bertz CT molecular complexity index is 1630. The van der Waals surface area contributed by atoms with Gasteiger partial charge in [-0.25, -0.2) is 9.18 Å². The molecule has 3 aromatic rings. The van der Waals surface area contributed by atoms with Crippen molar-refractivity contribution in [1.82, 2.24) is 19.4 Å². The Labute approximate surface area is 223 Å². The van der Waals surface area contributed by atoms with Crippen LogP contribution in [0, 0.1) is 5.82 Å². The van der Waals surface area contributed by atoms with Gasteiger partial charge in [-0.05, 0) is 37.1 Å². The fraction of sp³-hybridized carbons (Fsp3) is 0.444. The third-order valence-electron chi connectivity index (χ3n) is 8.71. The van der Waals surface area contributed by atoms with Gasteiger partial charge in [-0.3, -0.25) is 14.5 Å². The van der Waals surface area contributed by atoms with Gasteiger partial charge in [0.15, 0.2) is 11.0 Å². The summed E-state index contributed by atoms with van der Waals surface area (Å²) in [5.74, 6) is -1.31. The van der Waals surface area contributed by atoms with Crippen LogP contribution in [0.15, 0.2) is 33.9 Å². The van der Waals surface area contributed by atoms with E-state index in [0.717, 1.165) is 32.6 Å². The lowest BCUT2D eigenvalue weighted by Crippen LogP contribution is -2.56. The highest BCUT2D eigenvalue weighted by molar-refractivity contribution is 5.88. The molecule has 1 aromatic carbocycles. The van der Waals surface area contributed by atoms with Crippen LogP contribution >= 0.6 is 12.4 Å². The minimum Gasteiger partial charge on any atom is -0.458 e. The molecule has 9 nitrogen and oxygen atoms in total. The van der Waals surface area contributed by atoms with Crippen molar-refractivity contribution in [3.8, 4) is 11.3 Å². The second-order valence-corrected chi connectivity index (χ2v) is 10.5. The second-order valence-electron chi connectivity index (χ2n) is 10.5. The van der Waals surface area contributed by atoms with Gasteiger partial charge in [0.2, 0.25) is 0 Å². The SMILES string of the molecule is CC[C@@]1(O)C(=O)OCc2c1cc1n(c2=O)Cc2c-1c(=O)c1cc(F)ccc1n2[C@@H]1CCN(C2CNC2)C1.Cl. The Kier molecular flexibility index (Phi) is 5.80. The molecular formula is C27H28ClFN4O5. The first kappa shape index (κ1) is 25.2. The summed E-state index contributed by atoms with van der Waals surface area (Å²) in [6.07, 6.45) is 0.896. The van der Waals surface area contributed by atoms with E-state index in [1.54, 1.807) is 19.1 Å². The maximum absolute atomic E-state index is 14.4. The van der Waals surface area contributed by atoms with Crippen molar-refractivity contribution in [2.45, 2.75) is 50.6 Å². The lowest BCUT2D eigenvalue weighted by atomic mass is 9.85. The number of hydrogen-bond donors (Lipinski definition) is 2. The van der Waals surface area contributed by atoms with E-state index in [-0.39, 0.29) is 60.0 Å². The molecule has 2 fully saturated rings. The number of benzene rings is 1. The van der Waals surface area contributed by atoms with Gasteiger partial charge in [-0.1, -0.05) is 6.92 Å². The summed E-state index contributed by atoms with van der Waals surface area (Å²) >= 11 is 0. The largest absolute Gasteiger partial charge is 0.458 e. The first-order chi connectivity index (χ1) is 17.8. The van der Waals surface area contributed by atoms with Crippen LogP contribution in [0.1, 0.15) is 42.6 Å². The van der Waals surface area contributed by atoms with Gasteiger partial charge in [-0.2, -0.15) is 0 Å². The molecule has 38 heavy (non-hydrogen) atoms. The Hall–Kier alpha value is -3.05. The van der Waals surface area contributed by atoms with Gasteiger partial charge < -0.3 is 24.3 Å². The van der Waals surface area contributed by atoms with Gasteiger partial charge in [0.25, 0.3) is 5.56 Å². The van der Waals surface area contributed by atoms with Crippen LogP contribution in [0.3, 0.4) is 0 Å². The Morgan fingerprint density at radius 1 is 1.18 bits per heavy atom. The van der Waals surface area contributed by atoms with Crippen molar-refractivity contribution in [2.24, 2.45) is 0 Å². The highest BCUT2D eigenvalue weighted by atomic mass is 35.5. The minimum absolute atomic E-state index is 0. The summed E-state index contributed by atoms with van der Waals surface area (Å²) in [5.41, 5.74) is -0.268. The Morgan fingerprint density at radius 3 is 2.68 bits per heavy atom. The summed E-state index contributed by atoms with van der Waals surface area (Å²) in [5, 5.41) is 14.7. The molecule has 4 aliphatic rings. The quantitative estimate of drug-likeness (QED) is 0.379. The van der Waals surface area contributed by atoms with E-state index in [1.165, 1.54) is 16.7 Å². The normalized spacial score (nSPS) is 24.4. The minimum atomic E-state index is -1.96. The summed E-state index contributed by atoms with van der Waals surface area (Å²) in [4.78, 5) is 42.4. The van der Waals surface area contributed by atoms with Gasteiger partial charge >= 0.3 is 5.97 Å². The zero-order valence-electron chi connectivity index (χ0n) is 20.8. The number of likely N-dealkylation sites (tertiary alicyclic amines) is 1. The van der Waals surface area contributed by atoms with E-state index >= 15 is 0 Å². The molecule has 2 saturated heterocycles. The average molecular weight is 543 g/mol. The van der Waals surface area contributed by atoms with Crippen molar-refractivity contribution >= 4 is 29.3 Å². The number of carbonyl (C=O) groups excluding carboxylic acids is 1. The molecule has 4 aliphatic heterocycles. The van der Waals surface area contributed by atoms with Crippen molar-refractivity contribution in [1.29, 1.82) is 0 Å². The number of aliphatic hydroxyl groups is 1. The van der Waals surface area contributed by atoms with Crippen LogP contribution < -0.4 is 16.3 Å². The zero-order chi connectivity index (χ0) is 25.6. The van der Waals surface area contributed by atoms with Crippen molar-refractivity contribution < 1.29 is 19.0 Å². The van der Waals surface area contributed by atoms with Crippen LogP contribution in [-0.4, -0.2) is 57.3 Å². The van der Waals surface area contributed by atoms with Gasteiger partial charge in [0.1, 0.15) is 12.4 Å². The topological polar surface area (TPSA) is 106 Å². The molecule has 0 unspecified atom stereocenters. The first-order valence-electron chi connectivity index (χ1n) is 12.8. The molecule has 6 heterocycles. The van der Waals surface area contributed by atoms with Crippen molar-refractivity contribution in [2.75, 3.05) is 26.2 Å². The van der Waals surface area contributed by atoms with Crippen molar-refractivity contribution in [3.05, 3.63) is 67.5 Å². The van der Waals surface area contributed by atoms with Gasteiger partial charge in [-0.15, -0.1) is 12.4 Å². The van der Waals surface area contributed by atoms with Crippen LogP contribution in [0.25, 0.3) is 22.2 Å². The second kappa shape index (κ2) is 8.74. The molecule has 0 bridgehead atoms. The van der Waals surface area contributed by atoms with E-state index in [0.29, 0.717) is 28.5 Å². The van der Waals surface area contributed by atoms with Crippen molar-refractivity contribution in [3.63, 3.8) is 0 Å². The summed E-state index contributed by atoms with van der Waals surface area (Å²) < 4.78 is 23.2. The highest BCUT2D eigenvalue weighted by Gasteiger charge is 2.46. The standard InChI is InChI=1S/C27H27FN4O5.ClH/c1-2-27(36)19-8-21-23-22(12-31(21)25(34)18(19)13-37-26(27)35)32(15-5-6-30(11-15)16-9-29-10-16)20-4-3-14(28)7-17(20)24(23)33;/h3-4,7-8,15-16,29,36H,2,5-6,9-13H2,1H3;1H/t15-,27+;/m1./s1. The number of ether oxygens (including phenoxy) is 1. The number of nitrogens with one attached hydrogen (secondary N) is 1. The fourth-order valence-electron chi connectivity index (χ4n) is 6.52. The van der Waals surface area contributed by atoms with E-state index < -0.39 is 22.9 Å². The summed E-state index contributed by atoms with van der Waals surface area (Å²) in [6, 6.07) is 6.40. The van der Waals surface area contributed by atoms with Crippen LogP contribution in [0.5, 0.6) is 0 Å². The molecule has 200 valence electrons. The number of carbonyl (C=O) groups is 1. The number of rotatable bonds is 3. The zero-order valence-corrected chi connectivity index (χ0v) is 21.6. The molecule has 11 heteroatoms. The summed E-state index contributed by atoms with van der Waals surface area (Å²) in [7, 11) is 0. The lowest BCUT2D eigenvalue weighted by Gasteiger charge is -2.35. The molecule has 0 radical (unpaired) electrons. The number of esters is 1. The van der Waals surface area contributed by atoms with Gasteiger partial charge in [0.05, 0.1) is 34.6 Å². The molecule has 2 aromatic heterocycles. The highest BCUT2D eigenvalue weighted by Crippen LogP contribution is 2.40. The average Bonchev–Trinajstić information content (AvgIpc) is 3.47. The molecule has 0 saturated carbocycles. The molecular weight excluding hydrogens is 515 g/mol. The number of cyclic esters (lactones) is 1. The third kappa shape index (κ3) is 3.30. The molecule has 0 aliphatic carbocycles. The molecule has 0 amide bonds. The van der Waals surface area contributed by atoms with E-state index in [1.807, 2.05) is 0 Å². The van der Waals surface area contributed by atoms with Crippen LogP contribution in [-0.2, 0) is 28.3 Å². The number of fused-ring (bicyclic) bond motifs is 5. The summed E-state index contributed by atoms with van der Waals surface area (Å²) in [6.45, 7) is 5.22. The lowest BCUT2D eigenvalue weighted by molar-refractivity contribution is -0.172. The molecule has 0 spiro atoms. The maximum atomic E-state index is 14.4. The number of hydrogen-bond acceptors (Lipinski definition) is 7. The van der Waals surface area contributed by atoms with Gasteiger partial charge in [0, 0.05) is 49.2 Å². The number of nitrogens with zero attached hydrogens (tertiary/aromatic N) is 3. The number of pyridine rings is 2. The van der Waals surface area contributed by atoms with Crippen LogP contribution in [0.4, 0.5) is 4.39 Å². The predicted molar refractivity (Wildman–Crippen MR) is 140 cm³/mol. The molecule has 7 rings (SSSR count). The predicted octanol–water partition coefficient (Wildman–Crippen LogP) is 1.63. The van der Waals surface area contributed by atoms with E-state index in [4.69, 9.17) is 4.74 Å².